The number of rotatable bonds is 2. The first-order chi connectivity index (χ1) is 7.16. The third-order valence-corrected chi connectivity index (χ3v) is 3.48. The number of ketones is 1. The summed E-state index contributed by atoms with van der Waals surface area (Å²) in [5, 5.41) is 0. The molecule has 1 unspecified atom stereocenters. The number of benzene rings is 1. The van der Waals surface area contributed by atoms with E-state index in [1.807, 2.05) is 12.1 Å². The Labute approximate surface area is 98.4 Å². The fourth-order valence-electron chi connectivity index (χ4n) is 1.98. The lowest BCUT2D eigenvalue weighted by molar-refractivity contribution is -0.120. The van der Waals surface area contributed by atoms with Crippen molar-refractivity contribution in [2.24, 2.45) is 5.92 Å². The van der Waals surface area contributed by atoms with E-state index in [4.69, 9.17) is 0 Å². The van der Waals surface area contributed by atoms with Crippen LogP contribution in [0, 0.1) is 5.92 Å². The van der Waals surface area contributed by atoms with Gasteiger partial charge in [-0.25, -0.2) is 0 Å². The summed E-state index contributed by atoms with van der Waals surface area (Å²) in [6, 6.07) is 8.26. The third kappa shape index (κ3) is 2.40. The molecule has 1 saturated heterocycles. The van der Waals surface area contributed by atoms with Crippen molar-refractivity contribution < 1.29 is 4.79 Å². The van der Waals surface area contributed by atoms with E-state index in [9.17, 15) is 4.79 Å². The number of hydrogen-bond donors (Lipinski definition) is 0. The van der Waals surface area contributed by atoms with Crippen molar-refractivity contribution in [1.29, 1.82) is 0 Å². The molecular weight excluding hydrogens is 254 g/mol. The van der Waals surface area contributed by atoms with Gasteiger partial charge < -0.3 is 4.90 Å². The second kappa shape index (κ2) is 4.35. The molecule has 0 spiro atoms. The summed E-state index contributed by atoms with van der Waals surface area (Å²) in [5.41, 5.74) is 1.21. The highest BCUT2D eigenvalue weighted by atomic mass is 79.9. The van der Waals surface area contributed by atoms with Crippen molar-refractivity contribution in [3.63, 3.8) is 0 Å². The summed E-state index contributed by atoms with van der Waals surface area (Å²) in [6.45, 7) is 3.55. The average Bonchev–Trinajstić information content (AvgIpc) is 2.68. The Morgan fingerprint density at radius 1 is 1.40 bits per heavy atom. The van der Waals surface area contributed by atoms with Crippen LogP contribution in [0.1, 0.15) is 13.3 Å². The maximum absolute atomic E-state index is 11.2. The quantitative estimate of drug-likeness (QED) is 0.822. The Bertz CT molecular complexity index is 360. The Hall–Kier alpha value is -0.830. The van der Waals surface area contributed by atoms with E-state index in [0.29, 0.717) is 5.78 Å². The van der Waals surface area contributed by atoms with E-state index in [1.54, 1.807) is 6.92 Å². The van der Waals surface area contributed by atoms with E-state index >= 15 is 0 Å². The first-order valence-electron chi connectivity index (χ1n) is 5.18. The van der Waals surface area contributed by atoms with Crippen LogP contribution in [0.5, 0.6) is 0 Å². The van der Waals surface area contributed by atoms with Crippen LogP contribution in [0.15, 0.2) is 28.7 Å². The van der Waals surface area contributed by atoms with Crippen molar-refractivity contribution in [3.05, 3.63) is 28.7 Å². The molecular formula is C12H14BrNO. The molecule has 0 radical (unpaired) electrons. The smallest absolute Gasteiger partial charge is 0.134 e. The zero-order valence-corrected chi connectivity index (χ0v) is 10.3. The zero-order chi connectivity index (χ0) is 10.8. The van der Waals surface area contributed by atoms with Gasteiger partial charge in [0.2, 0.25) is 0 Å². The van der Waals surface area contributed by atoms with Crippen molar-refractivity contribution >= 4 is 27.4 Å². The molecule has 15 heavy (non-hydrogen) atoms. The number of hydrogen-bond acceptors (Lipinski definition) is 2. The fourth-order valence-corrected chi connectivity index (χ4v) is 2.24. The maximum Gasteiger partial charge on any atom is 0.134 e. The van der Waals surface area contributed by atoms with Gasteiger partial charge in [-0.3, -0.25) is 4.79 Å². The molecule has 0 saturated carbocycles. The van der Waals surface area contributed by atoms with Crippen molar-refractivity contribution in [3.8, 4) is 0 Å². The molecule has 1 heterocycles. The van der Waals surface area contributed by atoms with Gasteiger partial charge >= 0.3 is 0 Å². The van der Waals surface area contributed by atoms with Gasteiger partial charge in [0.05, 0.1) is 0 Å². The monoisotopic (exact) mass is 267 g/mol. The first-order valence-corrected chi connectivity index (χ1v) is 5.97. The predicted octanol–water partition coefficient (Wildman–Crippen LogP) is 2.86. The third-order valence-electron chi connectivity index (χ3n) is 2.95. The van der Waals surface area contributed by atoms with Crippen LogP contribution in [0.25, 0.3) is 0 Å². The molecule has 1 aliphatic heterocycles. The number of Topliss-reactive ketones (excluding diaryl/α,β-unsaturated/α-hetero) is 1. The molecule has 80 valence electrons. The lowest BCUT2D eigenvalue weighted by Crippen LogP contribution is -2.21. The molecule has 0 amide bonds. The summed E-state index contributed by atoms with van der Waals surface area (Å²) < 4.78 is 1.09. The van der Waals surface area contributed by atoms with Crippen molar-refractivity contribution in [2.45, 2.75) is 13.3 Å². The number of carbonyl (C=O) groups excluding carboxylic acids is 1. The predicted molar refractivity (Wildman–Crippen MR) is 65.1 cm³/mol. The van der Waals surface area contributed by atoms with Crippen LogP contribution in [-0.2, 0) is 4.79 Å². The van der Waals surface area contributed by atoms with Crippen molar-refractivity contribution in [2.75, 3.05) is 18.0 Å². The lowest BCUT2D eigenvalue weighted by atomic mass is 10.1. The highest BCUT2D eigenvalue weighted by molar-refractivity contribution is 9.10. The fraction of sp³-hybridized carbons (Fsp3) is 0.417. The topological polar surface area (TPSA) is 20.3 Å². The van der Waals surface area contributed by atoms with Gasteiger partial charge in [-0.15, -0.1) is 0 Å². The molecule has 1 aliphatic rings. The SMILES string of the molecule is CC(=O)C1CCN(c2ccc(Br)cc2)C1. The van der Waals surface area contributed by atoms with Crippen LogP contribution in [0.3, 0.4) is 0 Å². The minimum atomic E-state index is 0.230. The highest BCUT2D eigenvalue weighted by Crippen LogP contribution is 2.25. The lowest BCUT2D eigenvalue weighted by Gasteiger charge is -2.18. The molecule has 1 aromatic carbocycles. The van der Waals surface area contributed by atoms with Crippen LogP contribution in [0.2, 0.25) is 0 Å². The van der Waals surface area contributed by atoms with Gasteiger partial charge in [0.1, 0.15) is 5.78 Å². The zero-order valence-electron chi connectivity index (χ0n) is 8.74. The largest absolute Gasteiger partial charge is 0.371 e. The standard InChI is InChI=1S/C12H14BrNO/c1-9(15)10-6-7-14(8-10)12-4-2-11(13)3-5-12/h2-5,10H,6-8H2,1H3. The second-order valence-electron chi connectivity index (χ2n) is 4.02. The van der Waals surface area contributed by atoms with E-state index in [1.165, 1.54) is 5.69 Å². The van der Waals surface area contributed by atoms with E-state index in [2.05, 4.69) is 33.0 Å². The Kier molecular flexibility index (Phi) is 3.10. The summed E-state index contributed by atoms with van der Waals surface area (Å²) in [5.74, 6) is 0.545. The summed E-state index contributed by atoms with van der Waals surface area (Å²) >= 11 is 3.42. The molecule has 0 bridgehead atoms. The Balaban J connectivity index is 2.07. The molecule has 0 aliphatic carbocycles. The van der Waals surface area contributed by atoms with Crippen LogP contribution < -0.4 is 4.90 Å². The maximum atomic E-state index is 11.2. The number of carbonyl (C=O) groups is 1. The molecule has 1 aromatic rings. The molecule has 0 aromatic heterocycles. The Morgan fingerprint density at radius 2 is 2.07 bits per heavy atom. The summed E-state index contributed by atoms with van der Waals surface area (Å²) in [7, 11) is 0. The minimum Gasteiger partial charge on any atom is -0.371 e. The van der Waals surface area contributed by atoms with E-state index < -0.39 is 0 Å². The molecule has 2 rings (SSSR count). The van der Waals surface area contributed by atoms with Crippen molar-refractivity contribution in [1.82, 2.24) is 0 Å². The van der Waals surface area contributed by atoms with Gasteiger partial charge in [-0.1, -0.05) is 15.9 Å². The molecule has 3 heteroatoms. The van der Waals surface area contributed by atoms with Gasteiger partial charge in [0.15, 0.2) is 0 Å². The van der Waals surface area contributed by atoms with Crippen LogP contribution >= 0.6 is 15.9 Å². The normalized spacial score (nSPS) is 20.7. The van der Waals surface area contributed by atoms with E-state index in [0.717, 1.165) is 24.0 Å². The van der Waals surface area contributed by atoms with Crippen LogP contribution in [0.4, 0.5) is 5.69 Å². The minimum absolute atomic E-state index is 0.230. The number of halogens is 1. The summed E-state index contributed by atoms with van der Waals surface area (Å²) in [6.07, 6.45) is 0.991. The van der Waals surface area contributed by atoms with Gasteiger partial charge in [-0.2, -0.15) is 0 Å². The average molecular weight is 268 g/mol. The number of anilines is 1. The van der Waals surface area contributed by atoms with Gasteiger partial charge in [-0.05, 0) is 37.6 Å². The summed E-state index contributed by atoms with van der Waals surface area (Å²) in [4.78, 5) is 13.5. The molecule has 1 fully saturated rings. The highest BCUT2D eigenvalue weighted by Gasteiger charge is 2.25. The van der Waals surface area contributed by atoms with Gasteiger partial charge in [0, 0.05) is 29.2 Å². The molecule has 0 N–H and O–H groups in total. The molecule has 1 atom stereocenters. The molecule has 2 nitrogen and oxygen atoms in total. The Morgan fingerprint density at radius 3 is 2.60 bits per heavy atom. The van der Waals surface area contributed by atoms with E-state index in [-0.39, 0.29) is 5.92 Å². The van der Waals surface area contributed by atoms with Crippen LogP contribution in [-0.4, -0.2) is 18.9 Å². The second-order valence-corrected chi connectivity index (χ2v) is 4.93. The first kappa shape index (κ1) is 10.7. The van der Waals surface area contributed by atoms with Gasteiger partial charge in [0.25, 0.3) is 0 Å². The number of nitrogens with zero attached hydrogens (tertiary/aromatic N) is 1.